The Labute approximate surface area is 202 Å². The van der Waals surface area contributed by atoms with E-state index in [9.17, 15) is 22.4 Å². The van der Waals surface area contributed by atoms with Gasteiger partial charge in [0.05, 0.1) is 30.3 Å². The van der Waals surface area contributed by atoms with Crippen molar-refractivity contribution >= 4 is 21.8 Å². The zero-order valence-electron chi connectivity index (χ0n) is 19.7. The predicted octanol–water partition coefficient (Wildman–Crippen LogP) is 1.74. The molecule has 0 spiro atoms. The number of carbonyl (C=O) groups excluding carboxylic acids is 2. The molecule has 35 heavy (non-hydrogen) atoms. The van der Waals surface area contributed by atoms with Crippen molar-refractivity contribution in [3.05, 3.63) is 30.2 Å². The Morgan fingerprint density at radius 1 is 1.20 bits per heavy atom. The number of amides is 2. The normalized spacial score (nSPS) is 22.3. The van der Waals surface area contributed by atoms with E-state index in [1.165, 1.54) is 23.4 Å². The number of halogens is 1. The number of sulfone groups is 1. The van der Waals surface area contributed by atoms with Gasteiger partial charge in [-0.1, -0.05) is 0 Å². The van der Waals surface area contributed by atoms with Gasteiger partial charge in [0.2, 0.25) is 5.88 Å². The van der Waals surface area contributed by atoms with Gasteiger partial charge in [0.25, 0.3) is 5.91 Å². The molecule has 2 aromatic rings. The minimum atomic E-state index is -3.00. The third-order valence-electron chi connectivity index (χ3n) is 5.71. The van der Waals surface area contributed by atoms with Gasteiger partial charge in [0, 0.05) is 36.5 Å². The average Bonchev–Trinajstić information content (AvgIpc) is 3.22. The summed E-state index contributed by atoms with van der Waals surface area (Å²) in [6, 6.07) is 1.25. The van der Waals surface area contributed by atoms with Crippen LogP contribution in [0, 0.1) is 0 Å². The van der Waals surface area contributed by atoms with E-state index in [0.717, 1.165) is 0 Å². The van der Waals surface area contributed by atoms with E-state index in [1.807, 2.05) is 0 Å². The Bertz CT molecular complexity index is 1230. The SMILES string of the molecule is CC(C)(C)OC(=O)N1CC[C@@H](Oc2ncc(-c3cnn(C4CS(=O)(=O)C4)c3)cc2C(N)=O)[C@@H](F)C1. The van der Waals surface area contributed by atoms with Crippen LogP contribution in [0.15, 0.2) is 24.7 Å². The first kappa shape index (κ1) is 24.9. The van der Waals surface area contributed by atoms with Crippen molar-refractivity contribution in [3.63, 3.8) is 0 Å². The maximum Gasteiger partial charge on any atom is 0.410 e. The molecule has 2 N–H and O–H groups in total. The molecule has 0 radical (unpaired) electrons. The molecule has 2 aliphatic heterocycles. The summed E-state index contributed by atoms with van der Waals surface area (Å²) in [7, 11) is -3.00. The summed E-state index contributed by atoms with van der Waals surface area (Å²) < 4.78 is 50.3. The number of nitrogens with two attached hydrogens (primary N) is 1. The van der Waals surface area contributed by atoms with Gasteiger partial charge < -0.3 is 20.1 Å². The molecular formula is C22H28FN5O6S. The van der Waals surface area contributed by atoms with Gasteiger partial charge in [0.15, 0.2) is 16.0 Å². The van der Waals surface area contributed by atoms with Crippen LogP contribution >= 0.6 is 0 Å². The fourth-order valence-corrected chi connectivity index (χ4v) is 5.29. The predicted molar refractivity (Wildman–Crippen MR) is 123 cm³/mol. The Kier molecular flexibility index (Phi) is 6.47. The molecule has 2 atom stereocenters. The summed E-state index contributed by atoms with van der Waals surface area (Å²) in [5, 5.41) is 4.21. The maximum absolute atomic E-state index is 14.9. The van der Waals surface area contributed by atoms with Gasteiger partial charge in [-0.15, -0.1) is 0 Å². The van der Waals surface area contributed by atoms with Crippen molar-refractivity contribution in [2.75, 3.05) is 24.6 Å². The van der Waals surface area contributed by atoms with Crippen molar-refractivity contribution < 1.29 is 31.9 Å². The van der Waals surface area contributed by atoms with Gasteiger partial charge >= 0.3 is 6.09 Å². The van der Waals surface area contributed by atoms with Crippen LogP contribution < -0.4 is 10.5 Å². The van der Waals surface area contributed by atoms with Crippen LogP contribution in [0.4, 0.5) is 9.18 Å². The van der Waals surface area contributed by atoms with Crippen molar-refractivity contribution in [1.82, 2.24) is 19.7 Å². The molecule has 190 valence electrons. The van der Waals surface area contributed by atoms with E-state index in [2.05, 4.69) is 10.1 Å². The summed E-state index contributed by atoms with van der Waals surface area (Å²) in [6.07, 6.45) is 1.80. The number of ether oxygens (including phenoxy) is 2. The lowest BCUT2D eigenvalue weighted by molar-refractivity contribution is -0.0115. The second kappa shape index (κ2) is 9.10. The fourth-order valence-electron chi connectivity index (χ4n) is 3.91. The molecule has 4 heterocycles. The number of aromatic nitrogens is 3. The number of nitrogens with zero attached hydrogens (tertiary/aromatic N) is 4. The minimum absolute atomic E-state index is 0.0248. The summed E-state index contributed by atoms with van der Waals surface area (Å²) in [5.41, 5.74) is 5.95. The third kappa shape index (κ3) is 5.72. The molecule has 4 rings (SSSR count). The molecule has 2 aromatic heterocycles. The van der Waals surface area contributed by atoms with E-state index in [1.54, 1.807) is 31.6 Å². The lowest BCUT2D eigenvalue weighted by Crippen LogP contribution is -2.50. The van der Waals surface area contributed by atoms with Gasteiger partial charge in [-0.2, -0.15) is 5.10 Å². The van der Waals surface area contributed by atoms with Crippen LogP contribution in [0.25, 0.3) is 11.1 Å². The molecule has 2 aliphatic rings. The number of likely N-dealkylation sites (tertiary alicyclic amines) is 1. The quantitative estimate of drug-likeness (QED) is 0.641. The fraction of sp³-hybridized carbons (Fsp3) is 0.545. The lowest BCUT2D eigenvalue weighted by atomic mass is 10.1. The largest absolute Gasteiger partial charge is 0.471 e. The first-order chi connectivity index (χ1) is 16.3. The zero-order chi connectivity index (χ0) is 25.5. The number of carbonyl (C=O) groups is 2. The van der Waals surface area contributed by atoms with Crippen LogP contribution in [0.5, 0.6) is 5.88 Å². The zero-order valence-corrected chi connectivity index (χ0v) is 20.5. The molecule has 0 aromatic carbocycles. The number of primary amides is 1. The summed E-state index contributed by atoms with van der Waals surface area (Å²) in [4.78, 5) is 29.8. The molecule has 0 saturated carbocycles. The number of pyridine rings is 1. The molecule has 0 aliphatic carbocycles. The van der Waals surface area contributed by atoms with Crippen molar-refractivity contribution in [2.45, 2.75) is 51.1 Å². The second-order valence-electron chi connectivity index (χ2n) is 9.77. The maximum atomic E-state index is 14.9. The van der Waals surface area contributed by atoms with Crippen LogP contribution in [0.2, 0.25) is 0 Å². The summed E-state index contributed by atoms with van der Waals surface area (Å²) >= 11 is 0. The highest BCUT2D eigenvalue weighted by Gasteiger charge is 2.37. The molecule has 2 fully saturated rings. The summed E-state index contributed by atoms with van der Waals surface area (Å²) in [6.45, 7) is 5.21. The average molecular weight is 510 g/mol. The highest BCUT2D eigenvalue weighted by Crippen LogP contribution is 2.29. The monoisotopic (exact) mass is 509 g/mol. The van der Waals surface area contributed by atoms with Gasteiger partial charge in [-0.05, 0) is 26.8 Å². The first-order valence-electron chi connectivity index (χ1n) is 11.1. The van der Waals surface area contributed by atoms with Crippen LogP contribution in [-0.4, -0.2) is 82.6 Å². The number of hydrogen-bond donors (Lipinski definition) is 1. The third-order valence-corrected chi connectivity index (χ3v) is 7.50. The smallest absolute Gasteiger partial charge is 0.410 e. The highest BCUT2D eigenvalue weighted by molar-refractivity contribution is 7.92. The molecule has 13 heteroatoms. The summed E-state index contributed by atoms with van der Waals surface area (Å²) in [5.74, 6) is -0.837. The number of rotatable bonds is 5. The minimum Gasteiger partial charge on any atom is -0.471 e. The molecular weight excluding hydrogens is 481 g/mol. The first-order valence-corrected chi connectivity index (χ1v) is 13.0. The molecule has 11 nitrogen and oxygen atoms in total. The second-order valence-corrected chi connectivity index (χ2v) is 11.9. The number of alkyl halides is 1. The van der Waals surface area contributed by atoms with Crippen LogP contribution in [0.1, 0.15) is 43.6 Å². The number of piperidine rings is 1. The van der Waals surface area contributed by atoms with Crippen molar-refractivity contribution in [2.24, 2.45) is 5.73 Å². The highest BCUT2D eigenvalue weighted by atomic mass is 32.2. The van der Waals surface area contributed by atoms with Gasteiger partial charge in [-0.25, -0.2) is 22.6 Å². The Balaban J connectivity index is 1.45. The van der Waals surface area contributed by atoms with E-state index >= 15 is 0 Å². The van der Waals surface area contributed by atoms with Gasteiger partial charge in [0.1, 0.15) is 17.3 Å². The van der Waals surface area contributed by atoms with Crippen molar-refractivity contribution in [1.29, 1.82) is 0 Å². The standard InChI is InChI=1S/C22H28FN5O6S/c1-22(2,3)34-21(30)27-5-4-18(17(23)10-27)33-20-16(19(24)29)6-13(7-25-20)14-8-26-28(9-14)15-11-35(31,32)12-15/h6-9,15,17-18H,4-5,10-12H2,1-3H3,(H2,24,29)/t17-,18+/m0/s1. The van der Waals surface area contributed by atoms with Crippen molar-refractivity contribution in [3.8, 4) is 17.0 Å². The van der Waals surface area contributed by atoms with E-state index in [0.29, 0.717) is 11.1 Å². The topological polar surface area (TPSA) is 147 Å². The van der Waals surface area contributed by atoms with E-state index in [4.69, 9.17) is 15.2 Å². The van der Waals surface area contributed by atoms with E-state index < -0.39 is 39.7 Å². The molecule has 2 saturated heterocycles. The molecule has 2 amide bonds. The Hall–Kier alpha value is -3.22. The van der Waals surface area contributed by atoms with Gasteiger partial charge in [-0.3, -0.25) is 9.48 Å². The molecule has 0 bridgehead atoms. The Morgan fingerprint density at radius 3 is 2.51 bits per heavy atom. The van der Waals surface area contributed by atoms with E-state index in [-0.39, 0.29) is 48.5 Å². The molecule has 0 unspecified atom stereocenters. The van der Waals surface area contributed by atoms with Crippen LogP contribution in [-0.2, 0) is 14.6 Å². The lowest BCUT2D eigenvalue weighted by Gasteiger charge is -2.35. The Morgan fingerprint density at radius 2 is 1.91 bits per heavy atom. The number of hydrogen-bond acceptors (Lipinski definition) is 8. The van der Waals surface area contributed by atoms with Crippen LogP contribution in [0.3, 0.4) is 0 Å².